The van der Waals surface area contributed by atoms with E-state index in [1.165, 1.54) is 21.3 Å². The van der Waals surface area contributed by atoms with Crippen LogP contribution in [0.3, 0.4) is 0 Å². The summed E-state index contributed by atoms with van der Waals surface area (Å²) in [4.78, 5) is 85.7. The van der Waals surface area contributed by atoms with Gasteiger partial charge in [-0.25, -0.2) is 24.4 Å². The quantitative estimate of drug-likeness (QED) is 0.132. The van der Waals surface area contributed by atoms with E-state index in [9.17, 15) is 24.0 Å². The predicted molar refractivity (Wildman–Crippen MR) is 225 cm³/mol. The molecule has 5 amide bonds. The molecule has 17 nitrogen and oxygen atoms in total. The fourth-order valence-electron chi connectivity index (χ4n) is 8.84. The molecular formula is C44H55N9O8. The number of hydrogen-bond donors (Lipinski definition) is 4. The zero-order chi connectivity index (χ0) is 43.6. The second-order valence-electron chi connectivity index (χ2n) is 16.9. The minimum Gasteiger partial charge on any atom is -0.453 e. The van der Waals surface area contributed by atoms with E-state index in [0.29, 0.717) is 44.2 Å². The Balaban J connectivity index is 1.04. The van der Waals surface area contributed by atoms with Gasteiger partial charge in [0.25, 0.3) is 0 Å². The second kappa shape index (κ2) is 17.7. The van der Waals surface area contributed by atoms with E-state index in [0.717, 1.165) is 46.5 Å². The standard InChI is InChI=1S/C44H55N9O8/c1-25(2)35(49-41(56)59-5)39(54)52-18-8-9-33(52)37-45-20-31(47-37)29-14-10-27(11-15-29)28-12-16-30(17-13-28)32-21-46-38(48-32)34-19-44(22-51(23-44)43(58)61-7)24-53(34)40(55)36(26(3)4)50-42(57)60-6/h10-17,20-21,25-26,33-36H,8-9,18-19,22-24H2,1-7H3,(H,45,47)(H,46,48)(H,49,56)(H,50,57)/t33-,34?,35?,36?/m0/s1. The van der Waals surface area contributed by atoms with Gasteiger partial charge in [0, 0.05) is 31.6 Å². The second-order valence-corrected chi connectivity index (χ2v) is 16.9. The molecule has 3 aliphatic rings. The summed E-state index contributed by atoms with van der Waals surface area (Å²) >= 11 is 0. The Labute approximate surface area is 354 Å². The molecule has 0 bridgehead atoms. The van der Waals surface area contributed by atoms with Crippen molar-refractivity contribution in [1.29, 1.82) is 0 Å². The number of methoxy groups -OCH3 is 3. The largest absolute Gasteiger partial charge is 0.453 e. The Kier molecular flexibility index (Phi) is 12.4. The van der Waals surface area contributed by atoms with Crippen molar-refractivity contribution in [3.63, 3.8) is 0 Å². The van der Waals surface area contributed by atoms with Crippen LogP contribution >= 0.6 is 0 Å². The van der Waals surface area contributed by atoms with Crippen LogP contribution in [0.25, 0.3) is 33.6 Å². The van der Waals surface area contributed by atoms with Gasteiger partial charge in [-0.1, -0.05) is 76.2 Å². The number of aromatic amines is 2. The molecule has 4 aromatic rings. The van der Waals surface area contributed by atoms with Crippen molar-refractivity contribution in [1.82, 2.24) is 45.3 Å². The summed E-state index contributed by atoms with van der Waals surface area (Å²) in [5.74, 6) is 0.622. The molecule has 5 heterocycles. The van der Waals surface area contributed by atoms with E-state index >= 15 is 0 Å². The highest BCUT2D eigenvalue weighted by molar-refractivity contribution is 5.87. The third-order valence-corrected chi connectivity index (χ3v) is 12.1. The first-order chi connectivity index (χ1) is 29.2. The fourth-order valence-corrected chi connectivity index (χ4v) is 8.84. The minimum absolute atomic E-state index is 0.118. The lowest BCUT2D eigenvalue weighted by Gasteiger charge is -2.46. The van der Waals surface area contributed by atoms with Crippen LogP contribution in [0, 0.1) is 17.3 Å². The first-order valence-electron chi connectivity index (χ1n) is 20.7. The van der Waals surface area contributed by atoms with E-state index < -0.39 is 36.4 Å². The number of H-pyrrole nitrogens is 2. The molecule has 2 aromatic carbocycles. The van der Waals surface area contributed by atoms with Crippen molar-refractivity contribution in [3.8, 4) is 33.6 Å². The number of nitrogens with zero attached hydrogens (tertiary/aromatic N) is 5. The van der Waals surface area contributed by atoms with Crippen molar-refractivity contribution < 1.29 is 38.2 Å². The van der Waals surface area contributed by atoms with Crippen LogP contribution < -0.4 is 10.6 Å². The van der Waals surface area contributed by atoms with Crippen LogP contribution in [0.2, 0.25) is 0 Å². The number of likely N-dealkylation sites (tertiary alicyclic amines) is 3. The van der Waals surface area contributed by atoms with Crippen molar-refractivity contribution in [2.45, 2.75) is 71.1 Å². The Bertz CT molecular complexity index is 2230. The monoisotopic (exact) mass is 837 g/mol. The van der Waals surface area contributed by atoms with Crippen LogP contribution in [0.15, 0.2) is 60.9 Å². The normalized spacial score (nSPS) is 19.1. The average Bonchev–Trinajstić information content (AvgIpc) is 4.09. The van der Waals surface area contributed by atoms with Crippen molar-refractivity contribution in [2.75, 3.05) is 47.5 Å². The molecule has 3 aliphatic heterocycles. The van der Waals surface area contributed by atoms with Crippen molar-refractivity contribution >= 4 is 30.1 Å². The molecule has 2 aromatic heterocycles. The van der Waals surface area contributed by atoms with Crippen molar-refractivity contribution in [3.05, 3.63) is 72.6 Å². The average molecular weight is 838 g/mol. The molecule has 4 atom stereocenters. The number of nitrogens with one attached hydrogen (secondary N) is 4. The number of alkyl carbamates (subject to hydrolysis) is 2. The third kappa shape index (κ3) is 8.77. The summed E-state index contributed by atoms with van der Waals surface area (Å²) < 4.78 is 14.5. The predicted octanol–water partition coefficient (Wildman–Crippen LogP) is 5.90. The molecule has 7 rings (SSSR count). The highest BCUT2D eigenvalue weighted by Gasteiger charge is 2.56. The summed E-state index contributed by atoms with van der Waals surface area (Å²) in [6.07, 6.45) is 4.03. The lowest BCUT2D eigenvalue weighted by atomic mass is 9.78. The molecule has 0 radical (unpaired) electrons. The van der Waals surface area contributed by atoms with E-state index in [4.69, 9.17) is 19.2 Å². The molecular weight excluding hydrogens is 783 g/mol. The first kappa shape index (κ1) is 42.7. The van der Waals surface area contributed by atoms with Gasteiger partial charge in [0.2, 0.25) is 11.8 Å². The number of amides is 5. The minimum atomic E-state index is -0.808. The SMILES string of the molecule is COC(=O)NC(C(=O)N1CC2(CC1c1ncc(-c3ccc(-c4ccc(-c5cnc([C@@H]6CCCN6C(=O)C(NC(=O)OC)C(C)C)[nH]5)cc4)cc3)[nH]1)CN(C(=O)OC)C2)C(C)C. The Hall–Kier alpha value is -6.39. The third-order valence-electron chi connectivity index (χ3n) is 12.1. The maximum atomic E-state index is 14.1. The number of imidazole rings is 2. The first-order valence-corrected chi connectivity index (χ1v) is 20.7. The molecule has 3 fully saturated rings. The molecule has 17 heteroatoms. The van der Waals surface area contributed by atoms with Gasteiger partial charge in [-0.2, -0.15) is 0 Å². The Morgan fingerprint density at radius 3 is 1.57 bits per heavy atom. The molecule has 0 aliphatic carbocycles. The smallest absolute Gasteiger partial charge is 0.409 e. The molecule has 3 unspecified atom stereocenters. The van der Waals surface area contributed by atoms with E-state index in [1.807, 2.05) is 64.1 Å². The highest BCUT2D eigenvalue weighted by Crippen LogP contribution is 2.48. The van der Waals surface area contributed by atoms with Gasteiger partial charge < -0.3 is 49.5 Å². The number of benzene rings is 2. The van der Waals surface area contributed by atoms with E-state index in [2.05, 4.69) is 37.7 Å². The van der Waals surface area contributed by atoms with Crippen LogP contribution in [0.1, 0.15) is 70.7 Å². The summed E-state index contributed by atoms with van der Waals surface area (Å²) in [5.41, 5.74) is 5.22. The number of aromatic nitrogens is 4. The summed E-state index contributed by atoms with van der Waals surface area (Å²) in [6, 6.07) is 14.2. The molecule has 1 spiro atoms. The van der Waals surface area contributed by atoms with Crippen LogP contribution in [-0.2, 0) is 23.8 Å². The molecule has 3 saturated heterocycles. The topological polar surface area (TPSA) is 204 Å². The summed E-state index contributed by atoms with van der Waals surface area (Å²) in [6.45, 7) is 9.41. The number of rotatable bonds is 11. The van der Waals surface area contributed by atoms with E-state index in [1.54, 1.807) is 27.1 Å². The Morgan fingerprint density at radius 1 is 0.656 bits per heavy atom. The van der Waals surface area contributed by atoms with Crippen molar-refractivity contribution in [2.24, 2.45) is 17.3 Å². The number of carbonyl (C=O) groups excluding carboxylic acids is 5. The molecule has 61 heavy (non-hydrogen) atoms. The van der Waals surface area contributed by atoms with Crippen LogP contribution in [-0.4, -0.2) is 124 Å². The van der Waals surface area contributed by atoms with Gasteiger partial charge in [-0.15, -0.1) is 0 Å². The maximum absolute atomic E-state index is 14.1. The summed E-state index contributed by atoms with van der Waals surface area (Å²) in [5, 5.41) is 5.40. The Morgan fingerprint density at radius 2 is 1.11 bits per heavy atom. The van der Waals surface area contributed by atoms with Gasteiger partial charge in [-0.05, 0) is 53.4 Å². The highest BCUT2D eigenvalue weighted by atomic mass is 16.5. The van der Waals surface area contributed by atoms with Gasteiger partial charge >= 0.3 is 18.3 Å². The molecule has 324 valence electrons. The van der Waals surface area contributed by atoms with Gasteiger partial charge in [0.05, 0.1) is 57.2 Å². The summed E-state index contributed by atoms with van der Waals surface area (Å²) in [7, 11) is 3.90. The zero-order valence-electron chi connectivity index (χ0n) is 35.7. The fraction of sp³-hybridized carbons (Fsp3) is 0.477. The zero-order valence-corrected chi connectivity index (χ0v) is 35.7. The number of carbonyl (C=O) groups is 5. The molecule has 0 saturated carbocycles. The van der Waals surface area contributed by atoms with Gasteiger partial charge in [0.1, 0.15) is 23.7 Å². The van der Waals surface area contributed by atoms with Gasteiger partial charge in [-0.3, -0.25) is 9.59 Å². The number of ether oxygens (including phenoxy) is 3. The lowest BCUT2D eigenvalue weighted by molar-refractivity contribution is -0.136. The van der Waals surface area contributed by atoms with Gasteiger partial charge in [0.15, 0.2) is 0 Å². The number of hydrogen-bond acceptors (Lipinski definition) is 10. The van der Waals surface area contributed by atoms with Crippen LogP contribution in [0.5, 0.6) is 0 Å². The maximum Gasteiger partial charge on any atom is 0.409 e. The van der Waals surface area contributed by atoms with Crippen LogP contribution in [0.4, 0.5) is 14.4 Å². The molecule has 4 N–H and O–H groups in total. The lowest BCUT2D eigenvalue weighted by Crippen LogP contribution is -2.60. The van der Waals surface area contributed by atoms with E-state index in [-0.39, 0.29) is 35.1 Å².